The molecule has 5 rings (SSSR count). The van der Waals surface area contributed by atoms with E-state index >= 15 is 4.39 Å². The van der Waals surface area contributed by atoms with E-state index in [-0.39, 0.29) is 23.7 Å². The van der Waals surface area contributed by atoms with Crippen LogP contribution in [0.3, 0.4) is 0 Å². The molecule has 1 amide bonds. The second-order valence-corrected chi connectivity index (χ2v) is 11.5. The van der Waals surface area contributed by atoms with Gasteiger partial charge >= 0.3 is 0 Å². The number of hydrogen-bond donors (Lipinski definition) is 2. The molecule has 0 bridgehead atoms. The lowest BCUT2D eigenvalue weighted by Crippen LogP contribution is -2.48. The summed E-state index contributed by atoms with van der Waals surface area (Å²) in [6.45, 7) is 7.36. The van der Waals surface area contributed by atoms with Crippen LogP contribution in [0, 0.1) is 24.4 Å². The molecule has 6 nitrogen and oxygen atoms in total. The third-order valence-corrected chi connectivity index (χ3v) is 7.78. The van der Waals surface area contributed by atoms with Crippen LogP contribution < -0.4 is 25.2 Å². The average Bonchev–Trinajstić information content (AvgIpc) is 2.96. The van der Waals surface area contributed by atoms with Gasteiger partial charge in [0.15, 0.2) is 17.8 Å². The Morgan fingerprint density at radius 2 is 1.86 bits per heavy atom. The van der Waals surface area contributed by atoms with E-state index in [4.69, 9.17) is 4.74 Å². The Morgan fingerprint density at radius 1 is 1.09 bits per heavy atom. The molecule has 1 aliphatic rings. The van der Waals surface area contributed by atoms with Crippen molar-refractivity contribution in [1.82, 2.24) is 14.9 Å². The number of nitrogens with zero attached hydrogens (tertiary/aromatic N) is 2. The standard InChI is InChI=1S/C35H34F3N3O3/c1-6-12-41-19-24-14-23(16-30(44-5)33(24)41)34(42)39-18-26(21-8-7-9-25(36)15-21)29-17-27(35(3,4)43)31(38)32(40-29)22-10-11-28(37)20(2)13-22/h7-11,13-17,19,26,43H,6,12,18H2,1-5H3/p+1. The molecule has 0 fully saturated rings. The lowest BCUT2D eigenvalue weighted by Gasteiger charge is -2.25. The summed E-state index contributed by atoms with van der Waals surface area (Å²) in [6.07, 6.45) is 2.92. The van der Waals surface area contributed by atoms with Crippen molar-refractivity contribution >= 4 is 12.1 Å². The quantitative estimate of drug-likeness (QED) is 0.253. The molecule has 4 aromatic rings. The van der Waals surface area contributed by atoms with Crippen molar-refractivity contribution in [2.45, 2.75) is 45.6 Å². The topological polar surface area (TPSA) is 74.5 Å². The predicted octanol–water partition coefficient (Wildman–Crippen LogP) is 4.92. The number of aliphatic hydroxyl groups is 1. The Bertz CT molecular complexity index is 1880. The van der Waals surface area contributed by atoms with Gasteiger partial charge in [0.05, 0.1) is 18.4 Å². The first-order valence-electron chi connectivity index (χ1n) is 14.5. The van der Waals surface area contributed by atoms with Crippen molar-refractivity contribution in [3.05, 3.63) is 117 Å². The molecular weight excluding hydrogens is 567 g/mol. The molecule has 1 atom stereocenters. The number of fused-ring (bicyclic) bond motifs is 1. The number of hydrogen-bond acceptors (Lipinski definition) is 4. The molecule has 1 aliphatic heterocycles. The number of pyridine rings is 1. The molecule has 0 radical (unpaired) electrons. The van der Waals surface area contributed by atoms with Gasteiger partial charge in [0.2, 0.25) is 0 Å². The highest BCUT2D eigenvalue weighted by atomic mass is 19.1. The van der Waals surface area contributed by atoms with Crippen molar-refractivity contribution < 1.29 is 27.8 Å². The first kappa shape index (κ1) is 30.9. The van der Waals surface area contributed by atoms with Gasteiger partial charge < -0.3 is 15.2 Å². The zero-order valence-corrected chi connectivity index (χ0v) is 25.3. The zero-order chi connectivity index (χ0) is 31.8. The van der Waals surface area contributed by atoms with Gasteiger partial charge in [0.25, 0.3) is 11.3 Å². The van der Waals surface area contributed by atoms with Gasteiger partial charge in [0, 0.05) is 35.6 Å². The van der Waals surface area contributed by atoms with Crippen LogP contribution in [0.25, 0.3) is 17.5 Å². The molecule has 1 aromatic heterocycles. The number of benzene rings is 3. The third kappa shape index (κ3) is 6.10. The first-order chi connectivity index (χ1) is 20.9. The molecule has 228 valence electrons. The van der Waals surface area contributed by atoms with E-state index < -0.39 is 29.0 Å². The van der Waals surface area contributed by atoms with Gasteiger partial charge in [-0.25, -0.2) is 18.2 Å². The summed E-state index contributed by atoms with van der Waals surface area (Å²) in [5, 5.41) is 15.7. The van der Waals surface area contributed by atoms with Crippen LogP contribution in [0.2, 0.25) is 0 Å². The number of ether oxygens (including phenoxy) is 1. The summed E-state index contributed by atoms with van der Waals surface area (Å²) < 4.78 is 52.1. The third-order valence-electron chi connectivity index (χ3n) is 7.78. The van der Waals surface area contributed by atoms with Crippen LogP contribution in [0.1, 0.15) is 65.9 Å². The van der Waals surface area contributed by atoms with E-state index in [1.54, 1.807) is 38.3 Å². The van der Waals surface area contributed by atoms with Crippen LogP contribution in [0.4, 0.5) is 13.2 Å². The molecule has 0 spiro atoms. The van der Waals surface area contributed by atoms with E-state index in [0.717, 1.165) is 23.5 Å². The Kier molecular flexibility index (Phi) is 8.61. The van der Waals surface area contributed by atoms with Crippen LogP contribution in [-0.2, 0) is 5.60 Å². The van der Waals surface area contributed by atoms with Crippen molar-refractivity contribution in [2.75, 3.05) is 20.2 Å². The molecule has 44 heavy (non-hydrogen) atoms. The van der Waals surface area contributed by atoms with E-state index in [0.29, 0.717) is 33.7 Å². The van der Waals surface area contributed by atoms with Crippen LogP contribution in [-0.4, -0.2) is 36.2 Å². The Hall–Kier alpha value is -4.50. The predicted molar refractivity (Wildman–Crippen MR) is 163 cm³/mol. The first-order valence-corrected chi connectivity index (χ1v) is 14.5. The maximum atomic E-state index is 15.9. The summed E-state index contributed by atoms with van der Waals surface area (Å²) in [4.78, 5) is 18.1. The van der Waals surface area contributed by atoms with E-state index in [9.17, 15) is 18.7 Å². The maximum Gasteiger partial charge on any atom is 0.261 e. The summed E-state index contributed by atoms with van der Waals surface area (Å²) in [6, 6.07) is 14.9. The van der Waals surface area contributed by atoms with E-state index in [1.807, 2.05) is 6.20 Å². The summed E-state index contributed by atoms with van der Waals surface area (Å²) in [5.74, 6) is -2.21. The molecule has 0 saturated carbocycles. The van der Waals surface area contributed by atoms with E-state index in [2.05, 4.69) is 21.8 Å². The molecule has 0 saturated heterocycles. The summed E-state index contributed by atoms with van der Waals surface area (Å²) in [5.41, 5.74) is 0.0656. The number of halogens is 3. The van der Waals surface area contributed by atoms with Crippen LogP contribution >= 0.6 is 0 Å². The second kappa shape index (κ2) is 12.2. The largest absolute Gasteiger partial charge is 0.490 e. The number of amides is 1. The summed E-state index contributed by atoms with van der Waals surface area (Å²) in [7, 11) is 1.56. The van der Waals surface area contributed by atoms with Gasteiger partial charge in [0.1, 0.15) is 29.1 Å². The lowest BCUT2D eigenvalue weighted by atomic mass is 9.89. The SMILES string of the molecule is CCC[N+]1=c2c(OC)cc(C(=O)NCC(c3cccc(F)c3)c3cc(C(C)(C)O)c(F)c(-c4ccc(F)c(C)c4)n3)cc2=C1. The second-order valence-electron chi connectivity index (χ2n) is 11.5. The fraction of sp³-hybridized carbons (Fsp3) is 0.286. The fourth-order valence-corrected chi connectivity index (χ4v) is 5.47. The Labute approximate surface area is 254 Å². The highest BCUT2D eigenvalue weighted by Crippen LogP contribution is 2.34. The summed E-state index contributed by atoms with van der Waals surface area (Å²) >= 11 is 0. The molecule has 3 aromatic carbocycles. The van der Waals surface area contributed by atoms with Crippen molar-refractivity contribution in [3.63, 3.8) is 0 Å². The number of carbonyl (C=O) groups is 1. The Balaban J connectivity index is 1.57. The van der Waals surface area contributed by atoms with Crippen LogP contribution in [0.5, 0.6) is 5.75 Å². The van der Waals surface area contributed by atoms with Gasteiger partial charge in [-0.05, 0) is 80.4 Å². The normalized spacial score (nSPS) is 13.1. The molecule has 2 heterocycles. The Morgan fingerprint density at radius 3 is 2.52 bits per heavy atom. The van der Waals surface area contributed by atoms with Gasteiger partial charge in [-0.3, -0.25) is 4.79 Å². The van der Waals surface area contributed by atoms with Gasteiger partial charge in [-0.15, -0.1) is 0 Å². The zero-order valence-electron chi connectivity index (χ0n) is 25.3. The van der Waals surface area contributed by atoms with E-state index in [1.165, 1.54) is 50.2 Å². The minimum absolute atomic E-state index is 0.0147. The highest BCUT2D eigenvalue weighted by Gasteiger charge is 2.29. The number of aryl methyl sites for hydroxylation is 1. The number of nitrogens with one attached hydrogen (secondary N) is 1. The molecule has 0 aliphatic carbocycles. The molecular formula is C35H35F3N3O3+. The highest BCUT2D eigenvalue weighted by molar-refractivity contribution is 5.94. The molecule has 9 heteroatoms. The smallest absolute Gasteiger partial charge is 0.261 e. The van der Waals surface area contributed by atoms with Crippen molar-refractivity contribution in [3.8, 4) is 17.0 Å². The maximum absolute atomic E-state index is 15.9. The molecule has 2 N–H and O–H groups in total. The fourth-order valence-electron chi connectivity index (χ4n) is 5.47. The van der Waals surface area contributed by atoms with Crippen LogP contribution in [0.15, 0.2) is 60.7 Å². The number of carbonyl (C=O) groups excluding carboxylic acids is 1. The number of methoxy groups -OCH3 is 1. The monoisotopic (exact) mass is 602 g/mol. The van der Waals surface area contributed by atoms with Gasteiger partial charge in [-0.2, -0.15) is 4.58 Å². The number of aromatic nitrogens is 1. The van der Waals surface area contributed by atoms with Gasteiger partial charge in [-0.1, -0.05) is 19.1 Å². The lowest BCUT2D eigenvalue weighted by molar-refractivity contribution is 0.0743. The van der Waals surface area contributed by atoms with Crippen molar-refractivity contribution in [2.24, 2.45) is 0 Å². The number of rotatable bonds is 10. The molecule has 1 unspecified atom stereocenters. The average molecular weight is 603 g/mol. The minimum atomic E-state index is -1.61. The van der Waals surface area contributed by atoms with Crippen molar-refractivity contribution in [1.29, 1.82) is 0 Å². The minimum Gasteiger partial charge on any atom is -0.490 e.